The van der Waals surface area contributed by atoms with Crippen LogP contribution < -0.4 is 10.6 Å². The monoisotopic (exact) mass is 372 g/mol. The first-order chi connectivity index (χ1) is 12.8. The van der Waals surface area contributed by atoms with Gasteiger partial charge in [0.1, 0.15) is 6.33 Å². The number of nitrogens with one attached hydrogen (secondary N) is 3. The Morgan fingerprint density at radius 1 is 1.38 bits per heavy atom. The van der Waals surface area contributed by atoms with Crippen LogP contribution in [0.5, 0.6) is 0 Å². The summed E-state index contributed by atoms with van der Waals surface area (Å²) in [5, 5.41) is 14.6. The smallest absolute Gasteiger partial charge is 0.191 e. The minimum Gasteiger partial charge on any atom is -0.354 e. The van der Waals surface area contributed by atoms with E-state index in [1.54, 1.807) is 0 Å². The molecule has 0 spiro atoms. The number of hydrogen-bond acceptors (Lipinski definition) is 4. The first-order valence-corrected chi connectivity index (χ1v) is 10.4. The first kappa shape index (κ1) is 18.8. The summed E-state index contributed by atoms with van der Waals surface area (Å²) in [6.07, 6.45) is 6.62. The van der Waals surface area contributed by atoms with Crippen LogP contribution in [-0.2, 0) is 6.54 Å². The molecule has 0 aliphatic heterocycles. The van der Waals surface area contributed by atoms with Gasteiger partial charge in [-0.2, -0.15) is 16.9 Å². The lowest BCUT2D eigenvalue weighted by Crippen LogP contribution is -2.45. The summed E-state index contributed by atoms with van der Waals surface area (Å²) < 4.78 is 0. The second-order valence-corrected chi connectivity index (χ2v) is 8.12. The van der Waals surface area contributed by atoms with E-state index in [1.165, 1.54) is 43.3 Å². The Kier molecular flexibility index (Phi) is 6.94. The number of rotatable bonds is 6. The molecule has 6 nitrogen and oxygen atoms in total. The molecule has 2 aromatic rings. The molecule has 0 radical (unpaired) electrons. The molecule has 3 rings (SSSR count). The van der Waals surface area contributed by atoms with Crippen LogP contribution >= 0.6 is 11.8 Å². The summed E-state index contributed by atoms with van der Waals surface area (Å²) in [6.45, 7) is 2.97. The van der Waals surface area contributed by atoms with Crippen molar-refractivity contribution in [2.24, 2.45) is 4.99 Å². The zero-order valence-electron chi connectivity index (χ0n) is 15.5. The summed E-state index contributed by atoms with van der Waals surface area (Å²) in [6, 6.07) is 8.81. The van der Waals surface area contributed by atoms with Crippen molar-refractivity contribution in [3.63, 3.8) is 0 Å². The average Bonchev–Trinajstić information content (AvgIpc) is 3.21. The van der Waals surface area contributed by atoms with Crippen molar-refractivity contribution in [2.75, 3.05) is 12.8 Å². The number of hydrogen-bond donors (Lipinski definition) is 3. The Bertz CT molecular complexity index is 698. The molecule has 1 heterocycles. The van der Waals surface area contributed by atoms with E-state index in [9.17, 15) is 0 Å². The van der Waals surface area contributed by atoms with Crippen LogP contribution in [0.3, 0.4) is 0 Å². The van der Waals surface area contributed by atoms with Crippen molar-refractivity contribution < 1.29 is 0 Å². The van der Waals surface area contributed by atoms with Crippen molar-refractivity contribution in [1.82, 2.24) is 25.8 Å². The van der Waals surface area contributed by atoms with E-state index in [1.807, 2.05) is 19.2 Å². The number of aromatic amines is 1. The van der Waals surface area contributed by atoms with Crippen LogP contribution in [0.25, 0.3) is 11.4 Å². The Morgan fingerprint density at radius 2 is 2.31 bits per heavy atom. The molecule has 1 aliphatic rings. The molecule has 0 amide bonds. The third-order valence-corrected chi connectivity index (χ3v) is 5.90. The number of H-pyrrole nitrogens is 1. The van der Waals surface area contributed by atoms with Gasteiger partial charge in [-0.05, 0) is 36.6 Å². The second kappa shape index (κ2) is 9.62. The van der Waals surface area contributed by atoms with Gasteiger partial charge in [0.05, 0.1) is 0 Å². The normalized spacial score (nSPS) is 20.8. The van der Waals surface area contributed by atoms with Crippen LogP contribution in [0.1, 0.15) is 38.2 Å². The van der Waals surface area contributed by atoms with Gasteiger partial charge in [-0.1, -0.05) is 31.5 Å². The lowest BCUT2D eigenvalue weighted by atomic mass is 9.95. The maximum atomic E-state index is 4.40. The average molecular weight is 373 g/mol. The maximum Gasteiger partial charge on any atom is 0.191 e. The highest BCUT2D eigenvalue weighted by Crippen LogP contribution is 2.28. The predicted molar refractivity (Wildman–Crippen MR) is 109 cm³/mol. The molecule has 1 aromatic carbocycles. The maximum absolute atomic E-state index is 4.40. The van der Waals surface area contributed by atoms with E-state index in [0.717, 1.165) is 29.1 Å². The highest BCUT2D eigenvalue weighted by Gasteiger charge is 2.22. The molecule has 7 heteroatoms. The highest BCUT2D eigenvalue weighted by molar-refractivity contribution is 7.99. The van der Waals surface area contributed by atoms with Crippen molar-refractivity contribution in [3.8, 4) is 11.4 Å². The SMILES string of the molecule is CCSC1CCCC(NC(=NC)NCc2cccc(-c3ncn[nH]3)c2)C1. The van der Waals surface area contributed by atoms with Gasteiger partial charge in [0.25, 0.3) is 0 Å². The van der Waals surface area contributed by atoms with E-state index >= 15 is 0 Å². The van der Waals surface area contributed by atoms with Crippen molar-refractivity contribution in [2.45, 2.75) is 50.4 Å². The zero-order chi connectivity index (χ0) is 18.2. The number of aromatic nitrogens is 3. The quantitative estimate of drug-likeness (QED) is 0.536. The van der Waals surface area contributed by atoms with E-state index in [-0.39, 0.29) is 0 Å². The molecular weight excluding hydrogens is 344 g/mol. The first-order valence-electron chi connectivity index (χ1n) is 9.32. The standard InChI is InChI=1S/C19H28N6S/c1-3-26-17-9-5-8-16(11-17)24-19(20-2)21-12-14-6-4-7-15(10-14)18-22-13-23-25-18/h4,6-7,10,13,16-17H,3,5,8-9,11-12H2,1-2H3,(H2,20,21,24)(H,22,23,25). The number of aliphatic imine (C=N–C) groups is 1. The Labute approximate surface area is 159 Å². The molecule has 0 saturated heterocycles. The number of guanidine groups is 1. The molecule has 1 saturated carbocycles. The Hall–Kier alpha value is -2.02. The molecule has 1 aromatic heterocycles. The summed E-state index contributed by atoms with van der Waals surface area (Å²) in [5.41, 5.74) is 2.22. The van der Waals surface area contributed by atoms with Crippen molar-refractivity contribution in [1.29, 1.82) is 0 Å². The topological polar surface area (TPSA) is 78.0 Å². The Balaban J connectivity index is 1.54. The van der Waals surface area contributed by atoms with Crippen LogP contribution in [0.4, 0.5) is 0 Å². The second-order valence-electron chi connectivity index (χ2n) is 6.55. The van der Waals surface area contributed by atoms with Gasteiger partial charge in [0.15, 0.2) is 11.8 Å². The van der Waals surface area contributed by atoms with Gasteiger partial charge in [-0.15, -0.1) is 0 Å². The van der Waals surface area contributed by atoms with Gasteiger partial charge < -0.3 is 10.6 Å². The van der Waals surface area contributed by atoms with Gasteiger partial charge in [-0.3, -0.25) is 10.1 Å². The zero-order valence-corrected chi connectivity index (χ0v) is 16.4. The molecule has 26 heavy (non-hydrogen) atoms. The van der Waals surface area contributed by atoms with Crippen molar-refractivity contribution in [3.05, 3.63) is 36.2 Å². The molecular formula is C19H28N6S. The third-order valence-electron chi connectivity index (χ3n) is 4.67. The molecule has 3 N–H and O–H groups in total. The van der Waals surface area contributed by atoms with E-state index in [0.29, 0.717) is 6.04 Å². The van der Waals surface area contributed by atoms with Gasteiger partial charge in [0, 0.05) is 30.4 Å². The summed E-state index contributed by atoms with van der Waals surface area (Å²) in [4.78, 5) is 8.61. The van der Waals surface area contributed by atoms with E-state index in [2.05, 4.69) is 61.6 Å². The lowest BCUT2D eigenvalue weighted by molar-refractivity contribution is 0.419. The summed E-state index contributed by atoms with van der Waals surface area (Å²) in [5.74, 6) is 2.87. The van der Waals surface area contributed by atoms with E-state index in [4.69, 9.17) is 0 Å². The van der Waals surface area contributed by atoms with Crippen LogP contribution in [0.2, 0.25) is 0 Å². The fourth-order valence-corrected chi connectivity index (χ4v) is 4.58. The van der Waals surface area contributed by atoms with Crippen LogP contribution in [0.15, 0.2) is 35.6 Å². The summed E-state index contributed by atoms with van der Waals surface area (Å²) in [7, 11) is 1.83. The van der Waals surface area contributed by atoms with Gasteiger partial charge in [-0.25, -0.2) is 4.98 Å². The van der Waals surface area contributed by atoms with Crippen LogP contribution in [-0.4, -0.2) is 45.2 Å². The molecule has 1 aliphatic carbocycles. The van der Waals surface area contributed by atoms with E-state index < -0.39 is 0 Å². The Morgan fingerprint density at radius 3 is 3.08 bits per heavy atom. The van der Waals surface area contributed by atoms with Gasteiger partial charge >= 0.3 is 0 Å². The molecule has 140 valence electrons. The predicted octanol–water partition coefficient (Wildman–Crippen LogP) is 3.20. The molecule has 2 unspecified atom stereocenters. The molecule has 0 bridgehead atoms. The molecule has 2 atom stereocenters. The summed E-state index contributed by atoms with van der Waals surface area (Å²) >= 11 is 2.09. The third kappa shape index (κ3) is 5.24. The van der Waals surface area contributed by atoms with Gasteiger partial charge in [0.2, 0.25) is 0 Å². The largest absolute Gasteiger partial charge is 0.354 e. The minimum atomic E-state index is 0.513. The minimum absolute atomic E-state index is 0.513. The fraction of sp³-hybridized carbons (Fsp3) is 0.526. The van der Waals surface area contributed by atoms with Crippen molar-refractivity contribution >= 4 is 17.7 Å². The molecule has 1 fully saturated rings. The number of benzene rings is 1. The highest BCUT2D eigenvalue weighted by atomic mass is 32.2. The number of nitrogens with zero attached hydrogens (tertiary/aromatic N) is 3. The number of thioether (sulfide) groups is 1. The lowest BCUT2D eigenvalue weighted by Gasteiger charge is -2.30. The fourth-order valence-electron chi connectivity index (χ4n) is 3.41. The van der Waals surface area contributed by atoms with Crippen LogP contribution in [0, 0.1) is 0 Å².